The molecule has 2 amide bonds. The molecule has 0 radical (unpaired) electrons. The zero-order chi connectivity index (χ0) is 19.0. The predicted octanol–water partition coefficient (Wildman–Crippen LogP) is 2.06. The van der Waals surface area contributed by atoms with Crippen LogP contribution in [-0.4, -0.2) is 48.4 Å². The van der Waals surface area contributed by atoms with Crippen molar-refractivity contribution < 1.29 is 28.6 Å². The Labute approximate surface area is 146 Å². The average Bonchev–Trinajstić information content (AvgIpc) is 2.56. The summed E-state index contributed by atoms with van der Waals surface area (Å²) in [5, 5.41) is 0. The average molecular weight is 352 g/mol. The topological polar surface area (TPSA) is 108 Å². The van der Waals surface area contributed by atoms with Crippen molar-refractivity contribution in [3.63, 3.8) is 0 Å². The molecule has 0 saturated heterocycles. The lowest BCUT2D eigenvalue weighted by Crippen LogP contribution is -2.54. The first kappa shape index (κ1) is 20.4. The molecule has 1 aromatic carbocycles. The molecule has 0 unspecified atom stereocenters. The molecule has 0 spiro atoms. The lowest BCUT2D eigenvalue weighted by Gasteiger charge is -2.29. The normalized spacial score (nSPS) is 12.0. The van der Waals surface area contributed by atoms with Gasteiger partial charge in [-0.15, -0.1) is 0 Å². The van der Waals surface area contributed by atoms with Crippen molar-refractivity contribution in [1.29, 1.82) is 0 Å². The molecule has 1 rings (SSSR count). The number of hydrogen-bond acceptors (Lipinski definition) is 7. The summed E-state index contributed by atoms with van der Waals surface area (Å²) >= 11 is 0. The van der Waals surface area contributed by atoms with Gasteiger partial charge in [-0.2, -0.15) is 4.90 Å². The minimum atomic E-state index is -1.34. The van der Waals surface area contributed by atoms with Crippen molar-refractivity contribution in [2.24, 2.45) is 5.73 Å². The molecule has 1 atom stereocenters. The molecule has 25 heavy (non-hydrogen) atoms. The number of carbonyl (C=O) groups is 3. The molecular formula is C17H24N2O6. The smallest absolute Gasteiger partial charge is 0.420 e. The molecule has 1 aromatic rings. The number of ether oxygens (including phenoxy) is 3. The second-order valence-corrected chi connectivity index (χ2v) is 6.17. The number of rotatable bonds is 5. The van der Waals surface area contributed by atoms with E-state index in [9.17, 15) is 14.4 Å². The van der Waals surface area contributed by atoms with Crippen LogP contribution in [0.15, 0.2) is 30.3 Å². The molecule has 0 saturated carbocycles. The molecule has 0 fully saturated rings. The molecule has 0 aromatic heterocycles. The van der Waals surface area contributed by atoms with E-state index >= 15 is 0 Å². The quantitative estimate of drug-likeness (QED) is 0.638. The number of esters is 1. The fraction of sp³-hybridized carbons (Fsp3) is 0.471. The van der Waals surface area contributed by atoms with Gasteiger partial charge in [0.05, 0.1) is 7.11 Å². The van der Waals surface area contributed by atoms with Gasteiger partial charge in [0.25, 0.3) is 0 Å². The van der Waals surface area contributed by atoms with Gasteiger partial charge in [0, 0.05) is 6.54 Å². The lowest BCUT2D eigenvalue weighted by atomic mass is 10.2. The van der Waals surface area contributed by atoms with Crippen LogP contribution in [0.4, 0.5) is 9.59 Å². The van der Waals surface area contributed by atoms with E-state index in [-0.39, 0.29) is 13.2 Å². The maximum Gasteiger partial charge on any atom is 0.420 e. The highest BCUT2D eigenvalue weighted by atomic mass is 16.6. The second kappa shape index (κ2) is 9.03. The number of methoxy groups -OCH3 is 1. The van der Waals surface area contributed by atoms with Gasteiger partial charge in [0.1, 0.15) is 12.2 Å². The summed E-state index contributed by atoms with van der Waals surface area (Å²) in [4.78, 5) is 37.2. The van der Waals surface area contributed by atoms with Gasteiger partial charge in [-0.05, 0) is 26.3 Å². The lowest BCUT2D eigenvalue weighted by molar-refractivity contribution is -0.145. The van der Waals surface area contributed by atoms with E-state index in [4.69, 9.17) is 15.2 Å². The highest BCUT2D eigenvalue weighted by Gasteiger charge is 2.38. The summed E-state index contributed by atoms with van der Waals surface area (Å²) in [5.41, 5.74) is 5.39. The molecule has 0 bridgehead atoms. The SMILES string of the molecule is COC(=O)[C@@H](CN)N(C(=O)OCc1ccccc1)C(=O)OC(C)(C)C. The Morgan fingerprint density at radius 1 is 1.12 bits per heavy atom. The maximum absolute atomic E-state index is 12.4. The Kier molecular flexibility index (Phi) is 7.38. The van der Waals surface area contributed by atoms with E-state index in [1.54, 1.807) is 45.0 Å². The van der Waals surface area contributed by atoms with Crippen molar-refractivity contribution in [3.05, 3.63) is 35.9 Å². The Bertz CT molecular complexity index is 597. The summed E-state index contributed by atoms with van der Waals surface area (Å²) in [5.74, 6) is -0.843. The minimum absolute atomic E-state index is 0.0720. The van der Waals surface area contributed by atoms with Crippen LogP contribution >= 0.6 is 0 Å². The Balaban J connectivity index is 2.97. The Morgan fingerprint density at radius 2 is 1.72 bits per heavy atom. The van der Waals surface area contributed by atoms with Crippen LogP contribution in [0.25, 0.3) is 0 Å². The summed E-state index contributed by atoms with van der Waals surface area (Å²) in [6.45, 7) is 4.50. The zero-order valence-corrected chi connectivity index (χ0v) is 14.9. The minimum Gasteiger partial charge on any atom is -0.467 e. The number of benzene rings is 1. The number of imide groups is 1. The van der Waals surface area contributed by atoms with Gasteiger partial charge in [0.2, 0.25) is 0 Å². The first-order valence-electron chi connectivity index (χ1n) is 7.70. The van der Waals surface area contributed by atoms with Crippen LogP contribution < -0.4 is 5.73 Å². The van der Waals surface area contributed by atoms with Crippen LogP contribution in [0.3, 0.4) is 0 Å². The van der Waals surface area contributed by atoms with Crippen LogP contribution in [0.5, 0.6) is 0 Å². The van der Waals surface area contributed by atoms with Gasteiger partial charge in [-0.1, -0.05) is 30.3 Å². The molecule has 0 aliphatic carbocycles. The van der Waals surface area contributed by atoms with E-state index in [0.717, 1.165) is 12.7 Å². The fourth-order valence-corrected chi connectivity index (χ4v) is 1.87. The maximum atomic E-state index is 12.4. The number of amides is 2. The zero-order valence-electron chi connectivity index (χ0n) is 14.9. The van der Waals surface area contributed by atoms with Crippen molar-refractivity contribution in [2.75, 3.05) is 13.7 Å². The van der Waals surface area contributed by atoms with Gasteiger partial charge >= 0.3 is 18.2 Å². The molecular weight excluding hydrogens is 328 g/mol. The molecule has 8 heteroatoms. The number of nitrogens with two attached hydrogens (primary N) is 1. The van der Waals surface area contributed by atoms with Crippen LogP contribution in [0.1, 0.15) is 26.3 Å². The van der Waals surface area contributed by atoms with Crippen molar-refractivity contribution in [3.8, 4) is 0 Å². The van der Waals surface area contributed by atoms with Gasteiger partial charge in [0.15, 0.2) is 6.04 Å². The first-order chi connectivity index (χ1) is 11.7. The summed E-state index contributed by atoms with van der Waals surface area (Å²) in [6, 6.07) is 7.55. The largest absolute Gasteiger partial charge is 0.467 e. The number of carbonyl (C=O) groups excluding carboxylic acids is 3. The molecule has 0 aliphatic rings. The molecule has 138 valence electrons. The standard InChI is InChI=1S/C17H24N2O6/c1-17(2,3)25-16(22)19(13(10-18)14(20)23-4)15(21)24-11-12-8-6-5-7-9-12/h5-9,13H,10-11,18H2,1-4H3/t13-/m1/s1. The van der Waals surface area contributed by atoms with Gasteiger partial charge in [-0.25, -0.2) is 14.4 Å². The van der Waals surface area contributed by atoms with Gasteiger partial charge in [-0.3, -0.25) is 0 Å². The Hall–Kier alpha value is -2.61. The van der Waals surface area contributed by atoms with Crippen LogP contribution in [0.2, 0.25) is 0 Å². The third-order valence-electron chi connectivity index (χ3n) is 3.00. The molecule has 8 nitrogen and oxygen atoms in total. The molecule has 2 N–H and O–H groups in total. The summed E-state index contributed by atoms with van der Waals surface area (Å²) < 4.78 is 14.9. The Morgan fingerprint density at radius 3 is 2.20 bits per heavy atom. The van der Waals surface area contributed by atoms with Crippen LogP contribution in [-0.2, 0) is 25.6 Å². The van der Waals surface area contributed by atoms with Crippen molar-refractivity contribution in [2.45, 2.75) is 39.0 Å². The van der Waals surface area contributed by atoms with E-state index in [2.05, 4.69) is 4.74 Å². The van der Waals surface area contributed by atoms with E-state index < -0.39 is 29.8 Å². The van der Waals surface area contributed by atoms with Crippen LogP contribution in [0, 0.1) is 0 Å². The first-order valence-corrected chi connectivity index (χ1v) is 7.70. The highest BCUT2D eigenvalue weighted by Crippen LogP contribution is 2.15. The second-order valence-electron chi connectivity index (χ2n) is 6.17. The molecule has 0 heterocycles. The van der Waals surface area contributed by atoms with Gasteiger partial charge < -0.3 is 19.9 Å². The van der Waals surface area contributed by atoms with E-state index in [1.165, 1.54) is 0 Å². The summed E-state index contributed by atoms with van der Waals surface area (Å²) in [6.07, 6.45) is -2.08. The van der Waals surface area contributed by atoms with E-state index in [0.29, 0.717) is 4.90 Å². The number of nitrogens with zero attached hydrogens (tertiary/aromatic N) is 1. The third-order valence-corrected chi connectivity index (χ3v) is 3.00. The van der Waals surface area contributed by atoms with E-state index in [1.807, 2.05) is 6.07 Å². The summed E-state index contributed by atoms with van der Waals surface area (Å²) in [7, 11) is 1.13. The monoisotopic (exact) mass is 352 g/mol. The van der Waals surface area contributed by atoms with Crippen molar-refractivity contribution in [1.82, 2.24) is 4.90 Å². The fourth-order valence-electron chi connectivity index (χ4n) is 1.87. The highest BCUT2D eigenvalue weighted by molar-refractivity contribution is 5.94. The third kappa shape index (κ3) is 6.42. The number of hydrogen-bond donors (Lipinski definition) is 1. The molecule has 0 aliphatic heterocycles. The van der Waals surface area contributed by atoms with Crippen molar-refractivity contribution >= 4 is 18.2 Å². The predicted molar refractivity (Wildman–Crippen MR) is 89.6 cm³/mol.